The Hall–Kier alpha value is -1.26. The van der Waals surface area contributed by atoms with Crippen molar-refractivity contribution in [1.82, 2.24) is 15.2 Å². The van der Waals surface area contributed by atoms with E-state index in [4.69, 9.17) is 0 Å². The van der Waals surface area contributed by atoms with E-state index < -0.39 is 0 Å². The minimum Gasteiger partial charge on any atom is -0.317 e. The van der Waals surface area contributed by atoms with Crippen LogP contribution >= 0.6 is 0 Å². The van der Waals surface area contributed by atoms with Crippen LogP contribution in [-0.2, 0) is 0 Å². The highest BCUT2D eigenvalue weighted by Gasteiger charge is 2.20. The molecule has 2 rings (SSSR count). The molecule has 2 heterocycles. The Balaban J connectivity index is 1.89. The first-order valence-electron chi connectivity index (χ1n) is 6.12. The van der Waals surface area contributed by atoms with Crippen LogP contribution in [0.4, 0.5) is 0 Å². The molecular formula is C13H19N3O. The summed E-state index contributed by atoms with van der Waals surface area (Å²) in [6, 6.07) is 5.97. The summed E-state index contributed by atoms with van der Waals surface area (Å²) in [4.78, 5) is 18.2. The van der Waals surface area contributed by atoms with Gasteiger partial charge in [-0.15, -0.1) is 0 Å². The van der Waals surface area contributed by atoms with Crippen molar-refractivity contribution in [3.8, 4) is 0 Å². The van der Waals surface area contributed by atoms with Crippen LogP contribution < -0.4 is 5.32 Å². The average Bonchev–Trinajstić information content (AvgIpc) is 2.40. The number of Topliss-reactive ketones (excluding diaryl/α,β-unsaturated/α-hetero) is 1. The summed E-state index contributed by atoms with van der Waals surface area (Å²) in [5, 5.41) is 3.33. The summed E-state index contributed by atoms with van der Waals surface area (Å²) in [5.74, 6) is 0.103. The standard InChI is InChI=1S/C13H19N3O/c1-16(11-5-8-14-9-6-11)10-13(17)12-4-2-3-7-15-12/h2-4,7,11,14H,5-6,8-10H2,1H3. The Bertz CT molecular complexity index is 360. The highest BCUT2D eigenvalue weighted by atomic mass is 16.1. The van der Waals surface area contributed by atoms with Gasteiger partial charge in [0, 0.05) is 12.2 Å². The van der Waals surface area contributed by atoms with E-state index in [1.165, 1.54) is 0 Å². The first-order valence-corrected chi connectivity index (χ1v) is 6.12. The van der Waals surface area contributed by atoms with Gasteiger partial charge in [0.2, 0.25) is 0 Å². The highest BCUT2D eigenvalue weighted by Crippen LogP contribution is 2.10. The van der Waals surface area contributed by atoms with Gasteiger partial charge in [0.15, 0.2) is 5.78 Å². The van der Waals surface area contributed by atoms with Gasteiger partial charge in [0.05, 0.1) is 6.54 Å². The zero-order chi connectivity index (χ0) is 12.1. The molecule has 1 N–H and O–H groups in total. The second-order valence-corrected chi connectivity index (χ2v) is 4.53. The normalized spacial score (nSPS) is 17.3. The van der Waals surface area contributed by atoms with Crippen molar-refractivity contribution in [2.45, 2.75) is 18.9 Å². The number of ketones is 1. The van der Waals surface area contributed by atoms with Crippen LogP contribution in [0.25, 0.3) is 0 Å². The summed E-state index contributed by atoms with van der Waals surface area (Å²) in [6.45, 7) is 2.56. The highest BCUT2D eigenvalue weighted by molar-refractivity contribution is 5.95. The number of carbonyl (C=O) groups excluding carboxylic acids is 1. The molecule has 0 saturated carbocycles. The number of nitrogens with zero attached hydrogens (tertiary/aromatic N) is 2. The van der Waals surface area contributed by atoms with Crippen molar-refractivity contribution < 1.29 is 4.79 Å². The molecule has 0 radical (unpaired) electrons. The minimum atomic E-state index is 0.103. The van der Waals surface area contributed by atoms with Gasteiger partial charge in [0.1, 0.15) is 5.69 Å². The third kappa shape index (κ3) is 3.35. The fourth-order valence-corrected chi connectivity index (χ4v) is 2.21. The summed E-state index contributed by atoms with van der Waals surface area (Å²) in [5.41, 5.74) is 0.563. The lowest BCUT2D eigenvalue weighted by Crippen LogP contribution is -2.43. The predicted octanol–water partition coefficient (Wildman–Crippen LogP) is 0.948. The number of piperidine rings is 1. The SMILES string of the molecule is CN(CC(=O)c1ccccn1)C1CCNCC1. The van der Waals surface area contributed by atoms with Gasteiger partial charge in [-0.25, -0.2) is 0 Å². The lowest BCUT2D eigenvalue weighted by molar-refractivity contribution is 0.0898. The van der Waals surface area contributed by atoms with Crippen molar-refractivity contribution in [1.29, 1.82) is 0 Å². The van der Waals surface area contributed by atoms with Gasteiger partial charge in [-0.1, -0.05) is 6.07 Å². The molecule has 0 aromatic carbocycles. The molecule has 0 unspecified atom stereocenters. The third-order valence-electron chi connectivity index (χ3n) is 3.28. The molecule has 4 nitrogen and oxygen atoms in total. The summed E-state index contributed by atoms with van der Waals surface area (Å²) >= 11 is 0. The number of pyridine rings is 1. The van der Waals surface area contributed by atoms with E-state index in [9.17, 15) is 4.79 Å². The van der Waals surface area contributed by atoms with Gasteiger partial charge >= 0.3 is 0 Å². The summed E-state index contributed by atoms with van der Waals surface area (Å²) in [6.07, 6.45) is 3.90. The van der Waals surface area contributed by atoms with Crippen LogP contribution in [0.15, 0.2) is 24.4 Å². The Morgan fingerprint density at radius 1 is 1.47 bits per heavy atom. The maximum atomic E-state index is 12.0. The van der Waals surface area contributed by atoms with E-state index in [0.29, 0.717) is 18.3 Å². The molecule has 1 fully saturated rings. The Morgan fingerprint density at radius 3 is 2.88 bits per heavy atom. The first-order chi connectivity index (χ1) is 8.27. The molecule has 1 aliphatic heterocycles. The number of rotatable bonds is 4. The zero-order valence-electron chi connectivity index (χ0n) is 10.2. The molecule has 1 saturated heterocycles. The van der Waals surface area contributed by atoms with Crippen LogP contribution in [-0.4, -0.2) is 48.4 Å². The van der Waals surface area contributed by atoms with E-state index in [-0.39, 0.29) is 5.78 Å². The Kier molecular flexibility index (Phi) is 4.23. The molecule has 1 aliphatic rings. The van der Waals surface area contributed by atoms with E-state index in [2.05, 4.69) is 15.2 Å². The van der Waals surface area contributed by atoms with Crippen LogP contribution in [0.3, 0.4) is 0 Å². The van der Waals surface area contributed by atoms with Crippen molar-refractivity contribution in [3.63, 3.8) is 0 Å². The van der Waals surface area contributed by atoms with Crippen LogP contribution in [0.5, 0.6) is 0 Å². The van der Waals surface area contributed by atoms with E-state index in [1.54, 1.807) is 12.3 Å². The quantitative estimate of drug-likeness (QED) is 0.786. The largest absolute Gasteiger partial charge is 0.317 e. The van der Waals surface area contributed by atoms with Gasteiger partial charge < -0.3 is 5.32 Å². The molecular weight excluding hydrogens is 214 g/mol. The van der Waals surface area contributed by atoms with E-state index >= 15 is 0 Å². The number of carbonyl (C=O) groups is 1. The van der Waals surface area contributed by atoms with Gasteiger partial charge in [-0.05, 0) is 45.1 Å². The van der Waals surface area contributed by atoms with Crippen LogP contribution in [0.1, 0.15) is 23.3 Å². The molecule has 92 valence electrons. The van der Waals surface area contributed by atoms with Crippen molar-refractivity contribution in [3.05, 3.63) is 30.1 Å². The van der Waals surface area contributed by atoms with Gasteiger partial charge in [-0.2, -0.15) is 0 Å². The van der Waals surface area contributed by atoms with Gasteiger partial charge in [0.25, 0.3) is 0 Å². The second-order valence-electron chi connectivity index (χ2n) is 4.53. The number of aromatic nitrogens is 1. The van der Waals surface area contributed by atoms with E-state index in [0.717, 1.165) is 25.9 Å². The molecule has 0 atom stereocenters. The molecule has 0 spiro atoms. The minimum absolute atomic E-state index is 0.103. The monoisotopic (exact) mass is 233 g/mol. The maximum absolute atomic E-state index is 12.0. The summed E-state index contributed by atoms with van der Waals surface area (Å²) in [7, 11) is 2.02. The van der Waals surface area contributed by atoms with E-state index in [1.807, 2.05) is 19.2 Å². The number of likely N-dealkylation sites (N-methyl/N-ethyl adjacent to an activating group) is 1. The predicted molar refractivity (Wildman–Crippen MR) is 67.1 cm³/mol. The molecule has 0 bridgehead atoms. The number of hydrogen-bond donors (Lipinski definition) is 1. The van der Waals surface area contributed by atoms with Crippen molar-refractivity contribution in [2.75, 3.05) is 26.7 Å². The molecule has 1 aromatic rings. The van der Waals surface area contributed by atoms with Crippen molar-refractivity contribution in [2.24, 2.45) is 0 Å². The lowest BCUT2D eigenvalue weighted by atomic mass is 10.0. The Morgan fingerprint density at radius 2 is 2.24 bits per heavy atom. The molecule has 17 heavy (non-hydrogen) atoms. The number of hydrogen-bond acceptors (Lipinski definition) is 4. The molecule has 4 heteroatoms. The average molecular weight is 233 g/mol. The zero-order valence-corrected chi connectivity index (χ0v) is 10.2. The molecule has 0 amide bonds. The second kappa shape index (κ2) is 5.89. The molecule has 1 aromatic heterocycles. The Labute approximate surface area is 102 Å². The van der Waals surface area contributed by atoms with Gasteiger partial charge in [-0.3, -0.25) is 14.7 Å². The topological polar surface area (TPSA) is 45.2 Å². The van der Waals surface area contributed by atoms with Crippen LogP contribution in [0.2, 0.25) is 0 Å². The number of nitrogens with one attached hydrogen (secondary N) is 1. The smallest absolute Gasteiger partial charge is 0.195 e. The maximum Gasteiger partial charge on any atom is 0.195 e. The third-order valence-corrected chi connectivity index (χ3v) is 3.28. The summed E-state index contributed by atoms with van der Waals surface area (Å²) < 4.78 is 0. The molecule has 0 aliphatic carbocycles. The first kappa shape index (κ1) is 12.2. The van der Waals surface area contributed by atoms with Crippen LogP contribution in [0, 0.1) is 0 Å². The fourth-order valence-electron chi connectivity index (χ4n) is 2.21. The fraction of sp³-hybridized carbons (Fsp3) is 0.538. The van der Waals surface area contributed by atoms with Crippen molar-refractivity contribution >= 4 is 5.78 Å². The lowest BCUT2D eigenvalue weighted by Gasteiger charge is -2.30.